The maximum Gasteiger partial charge on any atom is 0.302 e. The topological polar surface area (TPSA) is 102 Å². The van der Waals surface area contributed by atoms with Gasteiger partial charge < -0.3 is 21.3 Å². The van der Waals surface area contributed by atoms with Gasteiger partial charge in [0, 0.05) is 24.8 Å². The molecule has 0 saturated heterocycles. The second-order valence-corrected chi connectivity index (χ2v) is 16.1. The second-order valence-electron chi connectivity index (χ2n) is 16.1. The van der Waals surface area contributed by atoms with Crippen molar-refractivity contribution in [3.05, 3.63) is 0 Å². The SMILES string of the molecule is CC(=O)O[C@H]1CC[C@]2(C)[C@H]3CC[C@]4(C)[C@@H]([C@H](C)CCCC(C)C)CC[C@H]4[C@@H]3C[C@@H](N(CCCN)CCCCN)[C@@]2(O)C1. The Labute approximate surface area is 258 Å². The summed E-state index contributed by atoms with van der Waals surface area (Å²) >= 11 is 0. The number of hydrogen-bond acceptors (Lipinski definition) is 6. The van der Waals surface area contributed by atoms with Gasteiger partial charge in [0.1, 0.15) is 6.10 Å². The Morgan fingerprint density at radius 1 is 0.929 bits per heavy atom. The van der Waals surface area contributed by atoms with E-state index in [1.54, 1.807) is 0 Å². The average Bonchev–Trinajstić information content (AvgIpc) is 3.28. The highest BCUT2D eigenvalue weighted by Crippen LogP contribution is 2.69. The summed E-state index contributed by atoms with van der Waals surface area (Å²) < 4.78 is 5.81. The average molecular weight is 590 g/mol. The number of rotatable bonds is 14. The molecule has 0 radical (unpaired) electrons. The molecule has 0 aromatic heterocycles. The van der Waals surface area contributed by atoms with E-state index in [-0.39, 0.29) is 23.5 Å². The van der Waals surface area contributed by atoms with Crippen LogP contribution in [0, 0.1) is 46.3 Å². The van der Waals surface area contributed by atoms with E-state index in [4.69, 9.17) is 16.2 Å². The summed E-state index contributed by atoms with van der Waals surface area (Å²) in [6.07, 6.45) is 15.5. The summed E-state index contributed by atoms with van der Waals surface area (Å²) in [5, 5.41) is 13.1. The van der Waals surface area contributed by atoms with Crippen molar-refractivity contribution >= 4 is 5.97 Å². The Balaban J connectivity index is 1.65. The summed E-state index contributed by atoms with van der Waals surface area (Å²) in [5.74, 6) is 4.09. The fourth-order valence-corrected chi connectivity index (χ4v) is 11.2. The molecule has 0 spiro atoms. The number of carbonyl (C=O) groups is 1. The zero-order valence-corrected chi connectivity index (χ0v) is 28.2. The van der Waals surface area contributed by atoms with Crippen LogP contribution in [0.4, 0.5) is 0 Å². The van der Waals surface area contributed by atoms with E-state index >= 15 is 0 Å². The third-order valence-electron chi connectivity index (χ3n) is 13.3. The van der Waals surface area contributed by atoms with Crippen molar-refractivity contribution in [3.63, 3.8) is 0 Å². The zero-order valence-electron chi connectivity index (χ0n) is 28.2. The smallest absolute Gasteiger partial charge is 0.302 e. The molecule has 4 aliphatic carbocycles. The molecule has 4 aliphatic rings. The number of esters is 1. The van der Waals surface area contributed by atoms with Crippen LogP contribution < -0.4 is 11.5 Å². The lowest BCUT2D eigenvalue weighted by molar-refractivity contribution is -0.253. The lowest BCUT2D eigenvalue weighted by Gasteiger charge is -2.67. The molecule has 4 fully saturated rings. The number of carbonyl (C=O) groups excluding carboxylic acids is 1. The Kier molecular flexibility index (Phi) is 11.5. The number of unbranched alkanes of at least 4 members (excludes halogenated alkanes) is 1. The molecule has 42 heavy (non-hydrogen) atoms. The minimum atomic E-state index is -0.875. The molecule has 5 N–H and O–H groups in total. The largest absolute Gasteiger partial charge is 0.462 e. The standard InChI is InChI=1S/C36H67N3O3/c1-25(2)11-9-12-26(3)30-13-14-31-29-23-33(39(22-10-20-38)21-8-7-19-37)36(41)24-28(42-27(4)40)15-18-35(36,6)32(29)16-17-34(30,31)5/h25-26,28-33,41H,7-24,37-38H2,1-6H3/t26-,28+,29+,30-,31+,32+,33-,34-,35-,36+/m1/s1. The fraction of sp³-hybridized carbons (Fsp3) is 0.972. The number of nitrogens with two attached hydrogens (primary N) is 2. The monoisotopic (exact) mass is 590 g/mol. The summed E-state index contributed by atoms with van der Waals surface area (Å²) in [6.45, 7) is 17.1. The highest BCUT2D eigenvalue weighted by atomic mass is 16.5. The van der Waals surface area contributed by atoms with Gasteiger partial charge in [-0.25, -0.2) is 0 Å². The van der Waals surface area contributed by atoms with Crippen LogP contribution in [0.5, 0.6) is 0 Å². The fourth-order valence-electron chi connectivity index (χ4n) is 11.2. The maximum absolute atomic E-state index is 13.1. The first-order chi connectivity index (χ1) is 19.9. The molecule has 0 amide bonds. The normalized spacial score (nSPS) is 40.5. The van der Waals surface area contributed by atoms with Crippen molar-refractivity contribution in [3.8, 4) is 0 Å². The van der Waals surface area contributed by atoms with Gasteiger partial charge in [0.05, 0.1) is 5.60 Å². The van der Waals surface area contributed by atoms with E-state index in [1.165, 1.54) is 51.9 Å². The first-order valence-electron chi connectivity index (χ1n) is 17.9. The minimum absolute atomic E-state index is 0.0660. The molecule has 6 nitrogen and oxygen atoms in total. The zero-order chi connectivity index (χ0) is 30.7. The van der Waals surface area contributed by atoms with Crippen LogP contribution in [-0.4, -0.2) is 59.9 Å². The van der Waals surface area contributed by atoms with Crippen LogP contribution in [0.25, 0.3) is 0 Å². The van der Waals surface area contributed by atoms with Crippen LogP contribution in [-0.2, 0) is 9.53 Å². The number of ether oxygens (including phenoxy) is 1. The summed E-state index contributed by atoms with van der Waals surface area (Å²) in [5.41, 5.74) is 11.3. The van der Waals surface area contributed by atoms with Gasteiger partial charge in [0.2, 0.25) is 0 Å². The molecule has 4 rings (SSSR count). The third kappa shape index (κ3) is 6.63. The van der Waals surface area contributed by atoms with Gasteiger partial charge in [-0.05, 0) is 131 Å². The predicted molar refractivity (Wildman–Crippen MR) is 173 cm³/mol. The van der Waals surface area contributed by atoms with Crippen LogP contribution in [0.1, 0.15) is 131 Å². The van der Waals surface area contributed by atoms with E-state index in [2.05, 4.69) is 39.5 Å². The number of hydrogen-bond donors (Lipinski definition) is 3. The second kappa shape index (κ2) is 14.2. The van der Waals surface area contributed by atoms with Crippen LogP contribution in [0.15, 0.2) is 0 Å². The molecular weight excluding hydrogens is 522 g/mol. The Hall–Kier alpha value is -0.690. The molecule has 0 aliphatic heterocycles. The van der Waals surface area contributed by atoms with Crippen molar-refractivity contribution in [1.82, 2.24) is 4.90 Å². The number of aliphatic hydroxyl groups is 1. The summed E-state index contributed by atoms with van der Waals surface area (Å²) in [7, 11) is 0. The van der Waals surface area contributed by atoms with Gasteiger partial charge in [-0.15, -0.1) is 0 Å². The first-order valence-corrected chi connectivity index (χ1v) is 17.9. The van der Waals surface area contributed by atoms with Crippen molar-refractivity contribution in [1.29, 1.82) is 0 Å². The molecule has 0 bridgehead atoms. The van der Waals surface area contributed by atoms with Gasteiger partial charge in [-0.3, -0.25) is 9.69 Å². The van der Waals surface area contributed by atoms with Gasteiger partial charge >= 0.3 is 5.97 Å². The molecular formula is C36H67N3O3. The van der Waals surface area contributed by atoms with Crippen LogP contribution in [0.2, 0.25) is 0 Å². The third-order valence-corrected chi connectivity index (χ3v) is 13.3. The lowest BCUT2D eigenvalue weighted by atomic mass is 9.41. The van der Waals surface area contributed by atoms with Crippen molar-refractivity contribution in [2.24, 2.45) is 57.8 Å². The Morgan fingerprint density at radius 2 is 1.64 bits per heavy atom. The quantitative estimate of drug-likeness (QED) is 0.157. The molecule has 0 aromatic carbocycles. The maximum atomic E-state index is 13.1. The highest BCUT2D eigenvalue weighted by Gasteiger charge is 2.68. The van der Waals surface area contributed by atoms with E-state index in [0.29, 0.717) is 36.8 Å². The van der Waals surface area contributed by atoms with E-state index < -0.39 is 5.60 Å². The molecule has 10 atom stereocenters. The molecule has 4 saturated carbocycles. The van der Waals surface area contributed by atoms with Gasteiger partial charge in [-0.1, -0.05) is 53.9 Å². The molecule has 0 aromatic rings. The number of nitrogens with zero attached hydrogens (tertiary/aromatic N) is 1. The van der Waals surface area contributed by atoms with Crippen molar-refractivity contribution in [2.45, 2.75) is 149 Å². The van der Waals surface area contributed by atoms with Gasteiger partial charge in [0.25, 0.3) is 0 Å². The number of fused-ring (bicyclic) bond motifs is 5. The Bertz CT molecular complexity index is 883. The molecule has 0 heterocycles. The first kappa shape index (κ1) is 34.2. The van der Waals surface area contributed by atoms with Gasteiger partial charge in [-0.2, -0.15) is 0 Å². The van der Waals surface area contributed by atoms with E-state index in [9.17, 15) is 9.90 Å². The van der Waals surface area contributed by atoms with E-state index in [1.807, 2.05) is 0 Å². The molecule has 0 unspecified atom stereocenters. The highest BCUT2D eigenvalue weighted by molar-refractivity contribution is 5.66. The minimum Gasteiger partial charge on any atom is -0.462 e. The van der Waals surface area contributed by atoms with Crippen LogP contribution >= 0.6 is 0 Å². The molecule has 6 heteroatoms. The predicted octanol–water partition coefficient (Wildman–Crippen LogP) is 6.52. The van der Waals surface area contributed by atoms with Crippen LogP contribution in [0.3, 0.4) is 0 Å². The van der Waals surface area contributed by atoms with Gasteiger partial charge in [0.15, 0.2) is 0 Å². The lowest BCUT2D eigenvalue weighted by Crippen LogP contribution is -2.72. The molecule has 244 valence electrons. The Morgan fingerprint density at radius 3 is 2.31 bits per heavy atom. The summed E-state index contributed by atoms with van der Waals surface area (Å²) in [4.78, 5) is 14.6. The summed E-state index contributed by atoms with van der Waals surface area (Å²) in [6, 6.07) is 0.0660. The van der Waals surface area contributed by atoms with Crippen molar-refractivity contribution in [2.75, 3.05) is 26.2 Å². The van der Waals surface area contributed by atoms with E-state index in [0.717, 1.165) is 75.3 Å². The van der Waals surface area contributed by atoms with Crippen molar-refractivity contribution < 1.29 is 14.6 Å².